The van der Waals surface area contributed by atoms with E-state index in [1.165, 1.54) is 0 Å². The Morgan fingerprint density at radius 3 is 2.33 bits per heavy atom. The van der Waals surface area contributed by atoms with Gasteiger partial charge in [-0.3, -0.25) is 0 Å². The fourth-order valence-corrected chi connectivity index (χ4v) is 4.67. The summed E-state index contributed by atoms with van der Waals surface area (Å²) in [6, 6.07) is 8.61. The lowest BCUT2D eigenvalue weighted by Crippen LogP contribution is -2.32. The third-order valence-corrected chi connectivity index (χ3v) is 5.73. The maximum Gasteiger partial charge on any atom is 0.203 e. The van der Waals surface area contributed by atoms with Gasteiger partial charge in [0.2, 0.25) is 9.84 Å². The molecule has 0 aromatic heterocycles. The van der Waals surface area contributed by atoms with Gasteiger partial charge in [0, 0.05) is 11.8 Å². The van der Waals surface area contributed by atoms with Crippen LogP contribution in [0, 0.1) is 11.8 Å². The van der Waals surface area contributed by atoms with Gasteiger partial charge in [-0.05, 0) is 32.9 Å². The molecule has 0 spiro atoms. The second-order valence-electron chi connectivity index (χ2n) is 6.57. The number of ether oxygens (including phenoxy) is 1. The van der Waals surface area contributed by atoms with E-state index < -0.39 is 9.84 Å². The first-order valence-corrected chi connectivity index (χ1v) is 8.65. The van der Waals surface area contributed by atoms with Crippen molar-refractivity contribution in [2.24, 2.45) is 11.8 Å². The largest absolute Gasteiger partial charge is 0.371 e. The van der Waals surface area contributed by atoms with Crippen LogP contribution >= 0.6 is 0 Å². The summed E-state index contributed by atoms with van der Waals surface area (Å²) in [6.45, 7) is 5.99. The van der Waals surface area contributed by atoms with E-state index in [1.807, 2.05) is 45.1 Å². The molecule has 1 aromatic rings. The number of hydrogen-bond donors (Lipinski definition) is 0. The van der Waals surface area contributed by atoms with Crippen LogP contribution in [0.2, 0.25) is 0 Å². The van der Waals surface area contributed by atoms with Gasteiger partial charge in [-0.2, -0.15) is 0 Å². The molecule has 3 rings (SSSR count). The molecule has 112 valence electrons. The van der Waals surface area contributed by atoms with Crippen molar-refractivity contribution in [1.82, 2.24) is 0 Å². The minimum Gasteiger partial charge on any atom is -0.371 e. The summed E-state index contributed by atoms with van der Waals surface area (Å²) in [7, 11) is -3.43. The molecule has 0 saturated heterocycles. The third-order valence-electron chi connectivity index (χ3n) is 3.81. The topological polar surface area (TPSA) is 43.4 Å². The van der Waals surface area contributed by atoms with Crippen LogP contribution in [0.1, 0.15) is 20.8 Å². The van der Waals surface area contributed by atoms with E-state index >= 15 is 0 Å². The Morgan fingerprint density at radius 2 is 1.71 bits per heavy atom. The van der Waals surface area contributed by atoms with Crippen LogP contribution in [0.15, 0.2) is 58.4 Å². The molecule has 0 aliphatic heterocycles. The SMILES string of the molecule is CC(C)(C)O[C@@H]1[C@@H]2C=C[C@H]1C(S(=O)(=O)c1ccccc1)=C2. The normalized spacial score (nSPS) is 28.0. The highest BCUT2D eigenvalue weighted by atomic mass is 32.2. The van der Waals surface area contributed by atoms with Gasteiger partial charge in [0.05, 0.1) is 21.5 Å². The lowest BCUT2D eigenvalue weighted by Gasteiger charge is -2.28. The van der Waals surface area contributed by atoms with Crippen molar-refractivity contribution in [2.45, 2.75) is 37.4 Å². The Kier molecular flexibility index (Phi) is 3.34. The summed E-state index contributed by atoms with van der Waals surface area (Å²) in [5.41, 5.74) is -0.285. The average molecular weight is 304 g/mol. The van der Waals surface area contributed by atoms with Crippen molar-refractivity contribution < 1.29 is 13.2 Å². The van der Waals surface area contributed by atoms with Crippen LogP contribution in [0.3, 0.4) is 0 Å². The summed E-state index contributed by atoms with van der Waals surface area (Å²) in [6.07, 6.45) is 5.77. The van der Waals surface area contributed by atoms with E-state index in [9.17, 15) is 8.42 Å². The van der Waals surface area contributed by atoms with Crippen LogP contribution in [-0.4, -0.2) is 20.1 Å². The summed E-state index contributed by atoms with van der Waals surface area (Å²) in [5, 5.41) is 0. The molecule has 3 nitrogen and oxygen atoms in total. The van der Waals surface area contributed by atoms with Gasteiger partial charge in [-0.25, -0.2) is 8.42 Å². The van der Waals surface area contributed by atoms with E-state index in [-0.39, 0.29) is 23.5 Å². The summed E-state index contributed by atoms with van der Waals surface area (Å²) in [5.74, 6) is -0.109. The number of fused-ring (bicyclic) bond motifs is 2. The van der Waals surface area contributed by atoms with Crippen molar-refractivity contribution in [1.29, 1.82) is 0 Å². The molecule has 0 N–H and O–H groups in total. The molecule has 4 heteroatoms. The maximum absolute atomic E-state index is 12.8. The van der Waals surface area contributed by atoms with Gasteiger partial charge in [0.1, 0.15) is 0 Å². The molecule has 0 unspecified atom stereocenters. The summed E-state index contributed by atoms with van der Waals surface area (Å²) >= 11 is 0. The third kappa shape index (κ3) is 2.58. The molecule has 0 fully saturated rings. The minimum absolute atomic E-state index is 0.0581. The standard InChI is InChI=1S/C17H20O3S/c1-17(2,3)20-16-12-9-10-14(16)15(11-12)21(18,19)13-7-5-4-6-8-13/h4-12,14,16H,1-3H3/t12-,14+,16-/m1/s1. The molecule has 21 heavy (non-hydrogen) atoms. The smallest absolute Gasteiger partial charge is 0.203 e. The molecule has 3 atom stereocenters. The fraction of sp³-hybridized carbons (Fsp3) is 0.412. The predicted octanol–water partition coefficient (Wildman–Crippen LogP) is 3.34. The molecule has 2 aliphatic rings. The first kappa shape index (κ1) is 14.5. The molecule has 1 aromatic carbocycles. The highest BCUT2D eigenvalue weighted by Crippen LogP contribution is 2.45. The van der Waals surface area contributed by atoms with E-state index in [4.69, 9.17) is 4.74 Å². The van der Waals surface area contributed by atoms with Crippen molar-refractivity contribution >= 4 is 9.84 Å². The highest BCUT2D eigenvalue weighted by molar-refractivity contribution is 7.95. The van der Waals surface area contributed by atoms with Crippen LogP contribution in [-0.2, 0) is 14.6 Å². The molecule has 0 heterocycles. The summed E-state index contributed by atoms with van der Waals surface area (Å²) in [4.78, 5) is 0.835. The second-order valence-corrected chi connectivity index (χ2v) is 8.52. The van der Waals surface area contributed by atoms with E-state index in [0.717, 1.165) is 0 Å². The van der Waals surface area contributed by atoms with Crippen LogP contribution in [0.5, 0.6) is 0 Å². The first-order valence-electron chi connectivity index (χ1n) is 7.17. The van der Waals surface area contributed by atoms with Crippen LogP contribution in [0.25, 0.3) is 0 Å². The monoisotopic (exact) mass is 304 g/mol. The van der Waals surface area contributed by atoms with Gasteiger partial charge in [0.15, 0.2) is 0 Å². The Hall–Kier alpha value is -1.39. The first-order chi connectivity index (χ1) is 9.79. The Balaban J connectivity index is 1.91. The number of benzene rings is 1. The van der Waals surface area contributed by atoms with Gasteiger partial charge in [0.25, 0.3) is 0 Å². The molecular formula is C17H20O3S. The lowest BCUT2D eigenvalue weighted by molar-refractivity contribution is -0.0722. The Bertz CT molecular complexity index is 693. The maximum atomic E-state index is 12.8. The molecule has 2 bridgehead atoms. The van der Waals surface area contributed by atoms with E-state index in [2.05, 4.69) is 0 Å². The minimum atomic E-state index is -3.43. The van der Waals surface area contributed by atoms with Gasteiger partial charge in [-0.1, -0.05) is 36.4 Å². The van der Waals surface area contributed by atoms with Gasteiger partial charge < -0.3 is 4.74 Å². The van der Waals surface area contributed by atoms with E-state index in [1.54, 1.807) is 24.3 Å². The number of rotatable bonds is 3. The van der Waals surface area contributed by atoms with Crippen LogP contribution < -0.4 is 0 Å². The Labute approximate surface area is 126 Å². The molecule has 2 aliphatic carbocycles. The molecule has 0 radical (unpaired) electrons. The molecule has 0 amide bonds. The van der Waals surface area contributed by atoms with Crippen molar-refractivity contribution in [2.75, 3.05) is 0 Å². The second kappa shape index (κ2) is 4.82. The van der Waals surface area contributed by atoms with E-state index in [0.29, 0.717) is 9.80 Å². The van der Waals surface area contributed by atoms with Crippen molar-refractivity contribution in [3.63, 3.8) is 0 Å². The summed E-state index contributed by atoms with van der Waals surface area (Å²) < 4.78 is 31.6. The van der Waals surface area contributed by atoms with Gasteiger partial charge in [-0.15, -0.1) is 0 Å². The van der Waals surface area contributed by atoms with Crippen molar-refractivity contribution in [3.8, 4) is 0 Å². The van der Waals surface area contributed by atoms with Gasteiger partial charge >= 0.3 is 0 Å². The van der Waals surface area contributed by atoms with Crippen molar-refractivity contribution in [3.05, 3.63) is 53.5 Å². The quantitative estimate of drug-likeness (QED) is 0.804. The highest BCUT2D eigenvalue weighted by Gasteiger charge is 2.46. The molecular weight excluding hydrogens is 284 g/mol. The zero-order chi connectivity index (χ0) is 15.3. The van der Waals surface area contributed by atoms with Crippen LogP contribution in [0.4, 0.5) is 0 Å². The lowest BCUT2D eigenvalue weighted by atomic mass is 10.1. The average Bonchev–Trinajstić information content (AvgIpc) is 2.95. The Morgan fingerprint density at radius 1 is 1.05 bits per heavy atom. The number of sulfone groups is 1. The molecule has 0 saturated carbocycles. The number of hydrogen-bond acceptors (Lipinski definition) is 3. The zero-order valence-electron chi connectivity index (χ0n) is 12.5. The zero-order valence-corrected chi connectivity index (χ0v) is 13.3. The fourth-order valence-electron chi connectivity index (χ4n) is 2.98. The predicted molar refractivity (Wildman–Crippen MR) is 82.5 cm³/mol.